The van der Waals surface area contributed by atoms with Crippen LogP contribution in [-0.2, 0) is 7.05 Å². The van der Waals surface area contributed by atoms with Crippen molar-refractivity contribution in [3.05, 3.63) is 277 Å². The maximum absolute atomic E-state index is 4.83. The number of thiazole rings is 2. The van der Waals surface area contributed by atoms with Crippen LogP contribution in [0.2, 0.25) is 0 Å². The molecule has 0 radical (unpaired) electrons. The molecule has 13 rings (SSSR count). The predicted octanol–water partition coefficient (Wildman–Crippen LogP) is 33.2. The minimum absolute atomic E-state index is 0.718. The van der Waals surface area contributed by atoms with Crippen LogP contribution in [0.15, 0.2) is 250 Å². The van der Waals surface area contributed by atoms with E-state index in [1.54, 1.807) is 102 Å². The summed E-state index contributed by atoms with van der Waals surface area (Å²) in [7, 11) is 2.00. The molecule has 0 spiro atoms. The fourth-order valence-corrected chi connectivity index (χ4v) is 7.11. The van der Waals surface area contributed by atoms with Crippen LogP contribution in [0.1, 0.15) is 270 Å². The van der Waals surface area contributed by atoms with Gasteiger partial charge in [-0.2, -0.15) is 11.3 Å². The molecule has 0 bridgehead atoms. The zero-order valence-corrected chi connectivity index (χ0v) is 77.0. The van der Waals surface area contributed by atoms with Crippen molar-refractivity contribution < 1.29 is 22.1 Å². The second-order valence-corrected chi connectivity index (χ2v) is 20.4. The minimum Gasteiger partial charge on any atom is -0.472 e. The lowest BCUT2D eigenvalue weighted by atomic mass is 10.3. The summed E-state index contributed by atoms with van der Waals surface area (Å²) in [5, 5.41) is 11.4. The number of furan rings is 2. The van der Waals surface area contributed by atoms with Crippen molar-refractivity contribution in [3.63, 3.8) is 0 Å². The molecule has 10 heterocycles. The molecular weight excluding hydrogens is 1360 g/mol. The normalized spacial score (nSPS) is 9.05. The quantitative estimate of drug-likeness (QED) is 0.144. The number of allylic oxidation sites excluding steroid dienone is 12. The van der Waals surface area contributed by atoms with Gasteiger partial charge >= 0.3 is 0 Å². The monoisotopic (exact) mass is 1520 g/mol. The maximum atomic E-state index is 4.83. The van der Waals surface area contributed by atoms with Crippen molar-refractivity contribution in [2.75, 3.05) is 0 Å². The number of hydrogen-bond donors (Lipinski definition) is 0. The van der Waals surface area contributed by atoms with Gasteiger partial charge in [0.1, 0.15) is 24.0 Å². The lowest BCUT2D eigenvalue weighted by Gasteiger charge is -1.79. The highest BCUT2D eigenvalue weighted by atomic mass is 32.1. The molecule has 0 amide bonds. The SMILES string of the molecule is CC.CC.CC.CC.CC.CC.CC.CC.CC.CC.CC.CC.CC.CC1=CC=CC1.CC1=CCC=C1.CC1=CCC=C1.Cc1ccco1.Cc1cccs1.Cc1ccoc1.Cc1ccsc1.Cc1cnco1.Cc1cocn1.Cc1cscn1.Cc1ncco1.Cc1nccs1.Cn1cccc1. The van der Waals surface area contributed by atoms with E-state index < -0.39 is 0 Å². The maximum Gasteiger partial charge on any atom is 0.190 e. The molecule has 0 saturated carbocycles. The summed E-state index contributed by atoms with van der Waals surface area (Å²) < 4.78 is 25.6. The molecule has 11 nitrogen and oxygen atoms in total. The molecule has 0 atom stereocenters. The third-order valence-corrected chi connectivity index (χ3v) is 12.1. The van der Waals surface area contributed by atoms with E-state index in [4.69, 9.17) is 17.7 Å². The fourth-order valence-electron chi connectivity index (χ4n) is 4.93. The van der Waals surface area contributed by atoms with Gasteiger partial charge in [-0.05, 0) is 165 Å². The minimum atomic E-state index is 0.718. The molecule has 15 heteroatoms. The third-order valence-electron chi connectivity index (χ3n) is 9.06. The molecule has 3 aliphatic rings. The Bertz CT molecular complexity index is 2350. The van der Waals surface area contributed by atoms with Crippen molar-refractivity contribution in [1.82, 2.24) is 29.5 Å². The van der Waals surface area contributed by atoms with Crippen LogP contribution in [0.5, 0.6) is 0 Å². The molecule has 0 N–H and O–H groups in total. The first kappa shape index (κ1) is 126. The first-order valence-electron chi connectivity index (χ1n) is 37.9. The van der Waals surface area contributed by atoms with Gasteiger partial charge in [0.25, 0.3) is 0 Å². The molecule has 10 aromatic heterocycles. The van der Waals surface area contributed by atoms with Gasteiger partial charge in [0.05, 0.1) is 47.4 Å². The largest absolute Gasteiger partial charge is 0.472 e. The first-order chi connectivity index (χ1) is 50.6. The number of oxazole rings is 3. The van der Waals surface area contributed by atoms with Gasteiger partial charge in [0.2, 0.25) is 0 Å². The van der Waals surface area contributed by atoms with E-state index in [1.807, 2.05) is 292 Å². The average molecular weight is 1520 g/mol. The van der Waals surface area contributed by atoms with E-state index in [1.165, 1.54) is 51.9 Å². The Balaban J connectivity index is -0.0000000764. The van der Waals surface area contributed by atoms with Crippen LogP contribution in [0.25, 0.3) is 0 Å². The second-order valence-electron chi connectivity index (χ2n) is 16.7. The summed E-state index contributed by atoms with van der Waals surface area (Å²) in [6, 6.07) is 16.0. The summed E-state index contributed by atoms with van der Waals surface area (Å²) in [4.78, 5) is 20.4. The molecule has 0 aromatic carbocycles. The number of hydrogen-bond acceptors (Lipinski definition) is 14. The Labute approximate surface area is 659 Å². The fraction of sp³-hybridized carbons (Fsp3) is 0.472. The van der Waals surface area contributed by atoms with Gasteiger partial charge in [-0.3, -0.25) is 9.97 Å². The van der Waals surface area contributed by atoms with Gasteiger partial charge in [-0.15, -0.1) is 34.0 Å². The van der Waals surface area contributed by atoms with E-state index in [2.05, 4.69) is 153 Å². The van der Waals surface area contributed by atoms with Gasteiger partial charge < -0.3 is 26.7 Å². The van der Waals surface area contributed by atoms with Gasteiger partial charge in [0, 0.05) is 53.9 Å². The van der Waals surface area contributed by atoms with Crippen molar-refractivity contribution in [3.8, 4) is 0 Å². The molecule has 0 saturated heterocycles. The van der Waals surface area contributed by atoms with Crippen molar-refractivity contribution in [2.24, 2.45) is 7.05 Å². The lowest BCUT2D eigenvalue weighted by Crippen LogP contribution is -1.75. The lowest BCUT2D eigenvalue weighted by molar-refractivity contribution is 0.521. The molecule has 598 valence electrons. The van der Waals surface area contributed by atoms with Crippen LogP contribution in [-0.4, -0.2) is 29.5 Å². The van der Waals surface area contributed by atoms with E-state index >= 15 is 0 Å². The third kappa shape index (κ3) is 119. The van der Waals surface area contributed by atoms with Crippen LogP contribution in [0.4, 0.5) is 0 Å². The van der Waals surface area contributed by atoms with Gasteiger partial charge in [-0.25, -0.2) is 15.0 Å². The van der Waals surface area contributed by atoms with E-state index in [9.17, 15) is 0 Å². The Morgan fingerprint density at radius 1 is 0.423 bits per heavy atom. The van der Waals surface area contributed by atoms with Crippen LogP contribution in [0, 0.1) is 62.3 Å². The van der Waals surface area contributed by atoms with Gasteiger partial charge in [0.15, 0.2) is 18.7 Å². The molecule has 0 unspecified atom stereocenters. The molecule has 104 heavy (non-hydrogen) atoms. The van der Waals surface area contributed by atoms with Crippen LogP contribution >= 0.6 is 45.3 Å². The van der Waals surface area contributed by atoms with Crippen molar-refractivity contribution in [2.45, 2.75) is 282 Å². The Hall–Kier alpha value is -7.43. The Morgan fingerprint density at radius 3 is 1.10 bits per heavy atom. The molecule has 0 fully saturated rings. The topological polar surface area (TPSA) is 135 Å². The summed E-state index contributed by atoms with van der Waals surface area (Å²) >= 11 is 6.81. The average Bonchev–Trinajstić information content (AvgIpc) is 4.52. The predicted molar refractivity (Wildman–Crippen MR) is 478 cm³/mol. The highest BCUT2D eigenvalue weighted by Crippen LogP contribution is 2.08. The molecule has 3 aliphatic carbocycles. The number of aryl methyl sites for hydroxylation is 10. The summed E-state index contributed by atoms with van der Waals surface area (Å²) in [5.74, 6) is 2.54. The standard InChI is InChI=1S/3C6H8.C5H7N.2C5H6O.2C5H6S.3C4H5NO.2C4H5NS.13C2H6/c4*1-6-4-2-3-5-6;1-5-2-3-6-4-5;1-5-3-2-4-6-5;1-5-2-3-6-4-5;1-5-3-2-4-6-5;1-4-2-6-3-5-4;1-4-2-5-3-6-4;1-4-5-2-3-6-4;1-4-2-6-3-5-4;1-4-5-2-3-6-4;13*1-2/h2*2,4-5H,3H2,1H3;2-4H,5H2,1H3;2-5H,1H3;4*2-4H,1H3;5*2-3H,1H3;13*1-2H3. The van der Waals surface area contributed by atoms with E-state index in [0.29, 0.717) is 0 Å². The van der Waals surface area contributed by atoms with Gasteiger partial charge in [-0.1, -0.05) is 257 Å². The smallest absolute Gasteiger partial charge is 0.190 e. The van der Waals surface area contributed by atoms with Crippen molar-refractivity contribution in [1.29, 1.82) is 0 Å². The molecular formula is C89H158N6O5S4. The summed E-state index contributed by atoms with van der Waals surface area (Å²) in [6.45, 7) is 76.0. The Kier molecular flexibility index (Phi) is 149. The second kappa shape index (κ2) is 122. The number of nitrogens with zero attached hydrogens (tertiary/aromatic N) is 6. The highest BCUT2D eigenvalue weighted by Gasteiger charge is 1.87. The highest BCUT2D eigenvalue weighted by molar-refractivity contribution is 7.10. The molecule has 10 aromatic rings. The van der Waals surface area contributed by atoms with E-state index in [0.717, 1.165) is 46.6 Å². The zero-order chi connectivity index (χ0) is 83.3. The van der Waals surface area contributed by atoms with Crippen molar-refractivity contribution >= 4 is 45.3 Å². The summed E-state index contributed by atoms with van der Waals surface area (Å²) in [6.07, 6.45) is 43.0. The van der Waals surface area contributed by atoms with E-state index in [-0.39, 0.29) is 0 Å². The number of thiophene rings is 2. The first-order valence-corrected chi connectivity index (χ1v) is 41.6. The zero-order valence-electron chi connectivity index (χ0n) is 73.7. The number of aromatic nitrogens is 6. The van der Waals surface area contributed by atoms with Crippen LogP contribution in [0.3, 0.4) is 0 Å². The van der Waals surface area contributed by atoms with Crippen LogP contribution < -0.4 is 0 Å². The molecule has 0 aliphatic heterocycles. The summed E-state index contributed by atoms with van der Waals surface area (Å²) in [5.41, 5.74) is 10.7. The Morgan fingerprint density at radius 2 is 0.981 bits per heavy atom. The number of rotatable bonds is 0.